The van der Waals surface area contributed by atoms with E-state index in [1.165, 1.54) is 13.8 Å². The smallest absolute Gasteiger partial charge is 0.276 e. The van der Waals surface area contributed by atoms with Crippen LogP contribution in [0.15, 0.2) is 0 Å². The Bertz CT molecular complexity index is 621. The molecule has 1 aromatic carbocycles. The van der Waals surface area contributed by atoms with Crippen LogP contribution in [0.5, 0.6) is 0 Å². The Labute approximate surface area is 126 Å². The van der Waals surface area contributed by atoms with Crippen molar-refractivity contribution in [3.8, 4) is 0 Å². The lowest BCUT2D eigenvalue weighted by atomic mass is 9.79. The van der Waals surface area contributed by atoms with E-state index >= 15 is 0 Å². The zero-order chi connectivity index (χ0) is 16.7. The molecule has 21 heavy (non-hydrogen) atoms. The van der Waals surface area contributed by atoms with Crippen LogP contribution in [-0.2, 0) is 5.41 Å². The Morgan fingerprint density at radius 3 is 1.71 bits per heavy atom. The van der Waals surface area contributed by atoms with Crippen LogP contribution >= 0.6 is 11.6 Å². The van der Waals surface area contributed by atoms with Gasteiger partial charge >= 0.3 is 0 Å². The number of benzene rings is 1. The van der Waals surface area contributed by atoms with Crippen molar-refractivity contribution in [2.24, 2.45) is 0 Å². The Balaban J connectivity index is 4.17. The van der Waals surface area contributed by atoms with Gasteiger partial charge in [0.15, 0.2) is 0 Å². The number of carbonyl (C=O) groups is 1. The maximum absolute atomic E-state index is 11.7. The van der Waals surface area contributed by atoms with Crippen molar-refractivity contribution >= 4 is 28.2 Å². The molecule has 1 aromatic rings. The van der Waals surface area contributed by atoms with Crippen LogP contribution in [-0.4, -0.2) is 15.1 Å². The van der Waals surface area contributed by atoms with Crippen molar-refractivity contribution in [2.75, 3.05) is 0 Å². The molecule has 0 spiro atoms. The van der Waals surface area contributed by atoms with Gasteiger partial charge in [-0.1, -0.05) is 20.8 Å². The van der Waals surface area contributed by atoms with Crippen molar-refractivity contribution in [2.45, 2.75) is 40.0 Å². The van der Waals surface area contributed by atoms with Crippen LogP contribution in [0.1, 0.15) is 47.8 Å². The highest BCUT2D eigenvalue weighted by atomic mass is 35.5. The van der Waals surface area contributed by atoms with Gasteiger partial charge in [-0.15, -0.1) is 0 Å². The van der Waals surface area contributed by atoms with Crippen molar-refractivity contribution in [1.82, 2.24) is 0 Å². The minimum atomic E-state index is -0.941. The van der Waals surface area contributed by atoms with E-state index in [4.69, 9.17) is 11.6 Å². The summed E-state index contributed by atoms with van der Waals surface area (Å²) >= 11 is 5.54. The summed E-state index contributed by atoms with van der Waals surface area (Å²) in [6.45, 7) is 7.73. The molecule has 7 nitrogen and oxygen atoms in total. The van der Waals surface area contributed by atoms with Crippen molar-refractivity contribution < 1.29 is 14.6 Å². The average molecular weight is 315 g/mol. The first-order valence-corrected chi connectivity index (χ1v) is 6.45. The van der Waals surface area contributed by atoms with Gasteiger partial charge in [0.1, 0.15) is 5.56 Å². The van der Waals surface area contributed by atoms with E-state index in [9.17, 15) is 25.0 Å². The maximum Gasteiger partial charge on any atom is 0.283 e. The summed E-state index contributed by atoms with van der Waals surface area (Å²) in [5.74, 6) is 0. The summed E-state index contributed by atoms with van der Waals surface area (Å²) in [6.07, 6.45) is 0. The molecule has 0 aliphatic heterocycles. The third-order valence-corrected chi connectivity index (χ3v) is 3.43. The molecule has 0 bridgehead atoms. The van der Waals surface area contributed by atoms with Gasteiger partial charge in [0.05, 0.1) is 15.4 Å². The number of carbonyl (C=O) groups excluding carboxylic acids is 1. The fourth-order valence-corrected chi connectivity index (χ4v) is 2.72. The van der Waals surface area contributed by atoms with Gasteiger partial charge in [-0.2, -0.15) is 0 Å². The molecule has 0 amide bonds. The predicted molar refractivity (Wildman–Crippen MR) is 78.1 cm³/mol. The van der Waals surface area contributed by atoms with E-state index in [1.54, 1.807) is 20.8 Å². The molecule has 0 atom stereocenters. The molecule has 0 aliphatic carbocycles. The quantitative estimate of drug-likeness (QED) is 0.479. The van der Waals surface area contributed by atoms with Crippen molar-refractivity contribution in [3.05, 3.63) is 42.5 Å². The first kappa shape index (κ1) is 17.0. The van der Waals surface area contributed by atoms with Crippen LogP contribution < -0.4 is 0 Å². The monoisotopic (exact) mass is 314 g/mol. The minimum absolute atomic E-state index is 0.0491. The van der Waals surface area contributed by atoms with Gasteiger partial charge in [0.2, 0.25) is 0 Å². The molecule has 114 valence electrons. The zero-order valence-corrected chi connectivity index (χ0v) is 13.1. The molecule has 0 aromatic heterocycles. The number of nitro benzene ring substituents is 2. The normalized spacial score (nSPS) is 11.3. The Morgan fingerprint density at radius 2 is 1.43 bits per heavy atom. The molecule has 0 heterocycles. The highest BCUT2D eigenvalue weighted by Gasteiger charge is 2.39. The first-order chi connectivity index (χ1) is 9.41. The molecule has 0 fully saturated rings. The third kappa shape index (κ3) is 2.87. The highest BCUT2D eigenvalue weighted by molar-refractivity contribution is 6.68. The lowest BCUT2D eigenvalue weighted by Gasteiger charge is -2.23. The topological polar surface area (TPSA) is 103 Å². The summed E-state index contributed by atoms with van der Waals surface area (Å²) in [5.41, 5.74) is -1.71. The molecular weight excluding hydrogens is 300 g/mol. The van der Waals surface area contributed by atoms with Crippen molar-refractivity contribution in [1.29, 1.82) is 0 Å². The van der Waals surface area contributed by atoms with Gasteiger partial charge in [-0.25, -0.2) is 0 Å². The van der Waals surface area contributed by atoms with Gasteiger partial charge in [-0.05, 0) is 30.9 Å². The number of hydrogen-bond acceptors (Lipinski definition) is 5. The summed E-state index contributed by atoms with van der Waals surface area (Å²) in [6, 6.07) is 0. The molecular formula is C13H15ClN2O5. The standard InChI is InChI=1S/C13H15ClN2O5/c1-6-8(12(14)17)9(13(3,4)5)11(16(20)21)7(2)10(6)15(18)19/h1-5H3. The van der Waals surface area contributed by atoms with Gasteiger partial charge in [0, 0.05) is 11.1 Å². The number of nitro groups is 2. The van der Waals surface area contributed by atoms with Gasteiger partial charge in [0.25, 0.3) is 16.6 Å². The molecule has 8 heteroatoms. The predicted octanol–water partition coefficient (Wildman–Crippen LogP) is 3.80. The van der Waals surface area contributed by atoms with Crippen LogP contribution in [0.4, 0.5) is 11.4 Å². The van der Waals surface area contributed by atoms with Crippen molar-refractivity contribution in [3.63, 3.8) is 0 Å². The number of hydrogen-bond donors (Lipinski definition) is 0. The van der Waals surface area contributed by atoms with Crippen LogP contribution in [0.2, 0.25) is 0 Å². The van der Waals surface area contributed by atoms with E-state index in [2.05, 4.69) is 0 Å². The molecule has 0 N–H and O–H groups in total. The molecule has 1 rings (SSSR count). The Hall–Kier alpha value is -2.02. The lowest BCUT2D eigenvalue weighted by Crippen LogP contribution is -2.21. The maximum atomic E-state index is 11.7. The number of nitrogens with zero attached hydrogens (tertiary/aromatic N) is 2. The summed E-state index contributed by atoms with van der Waals surface area (Å²) in [5, 5.41) is 21.6. The second kappa shape index (κ2) is 5.40. The second-order valence-corrected chi connectivity index (χ2v) is 6.08. The van der Waals surface area contributed by atoms with Crippen LogP contribution in [0, 0.1) is 34.1 Å². The van der Waals surface area contributed by atoms with E-state index in [1.807, 2.05) is 0 Å². The molecule has 0 aliphatic rings. The molecule has 0 radical (unpaired) electrons. The number of rotatable bonds is 3. The summed E-state index contributed by atoms with van der Waals surface area (Å²) < 4.78 is 0. The SMILES string of the molecule is Cc1c(C(=O)Cl)c(C(C)(C)C)c([N+](=O)[O-])c(C)c1[N+](=O)[O-]. The minimum Gasteiger partial charge on any atom is -0.276 e. The third-order valence-electron chi connectivity index (χ3n) is 3.24. The van der Waals surface area contributed by atoms with Crippen LogP contribution in [0.3, 0.4) is 0 Å². The summed E-state index contributed by atoms with van der Waals surface area (Å²) in [4.78, 5) is 32.8. The highest BCUT2D eigenvalue weighted by Crippen LogP contribution is 2.43. The largest absolute Gasteiger partial charge is 0.283 e. The molecule has 0 saturated carbocycles. The fraction of sp³-hybridized carbons (Fsp3) is 0.462. The van der Waals surface area contributed by atoms with E-state index < -0.39 is 31.9 Å². The zero-order valence-electron chi connectivity index (χ0n) is 12.3. The van der Waals surface area contributed by atoms with Crippen LogP contribution in [0.25, 0.3) is 0 Å². The second-order valence-electron chi connectivity index (χ2n) is 5.74. The van der Waals surface area contributed by atoms with E-state index in [0.29, 0.717) is 0 Å². The molecule has 0 unspecified atom stereocenters. The number of halogens is 1. The lowest BCUT2D eigenvalue weighted by molar-refractivity contribution is -0.396. The first-order valence-electron chi connectivity index (χ1n) is 6.07. The van der Waals surface area contributed by atoms with E-state index in [-0.39, 0.29) is 22.3 Å². The Kier molecular flexibility index (Phi) is 4.38. The molecule has 0 saturated heterocycles. The average Bonchev–Trinajstić information content (AvgIpc) is 2.24. The fourth-order valence-electron chi connectivity index (χ4n) is 2.48. The Morgan fingerprint density at radius 1 is 1.00 bits per heavy atom. The van der Waals surface area contributed by atoms with E-state index in [0.717, 1.165) is 0 Å². The summed E-state index contributed by atoms with van der Waals surface area (Å²) in [7, 11) is 0. The van der Waals surface area contributed by atoms with Gasteiger partial charge < -0.3 is 0 Å². The van der Waals surface area contributed by atoms with Gasteiger partial charge in [-0.3, -0.25) is 25.0 Å².